The molecular weight excluding hydrogens is 451 g/mol. The fraction of sp³-hybridized carbons (Fsp3) is 0.941. The first-order valence-corrected chi connectivity index (χ1v) is 11.1. The van der Waals surface area contributed by atoms with Gasteiger partial charge in [-0.1, -0.05) is 13.8 Å². The number of halogens is 1. The first kappa shape index (κ1) is 23.0. The molecule has 0 radical (unpaired) electrons. The second kappa shape index (κ2) is 9.73. The average molecular weight is 486 g/mol. The van der Waals surface area contributed by atoms with Gasteiger partial charge in [-0.25, -0.2) is 12.7 Å². The summed E-state index contributed by atoms with van der Waals surface area (Å²) in [6.07, 6.45) is 6.83. The molecule has 6 nitrogen and oxygen atoms in total. The number of piperidine rings is 1. The Labute approximate surface area is 170 Å². The summed E-state index contributed by atoms with van der Waals surface area (Å²) in [5, 5.41) is 3.53. The Morgan fingerprint density at radius 3 is 2.24 bits per heavy atom. The molecule has 2 aliphatic rings. The molecule has 0 spiro atoms. The molecule has 0 unspecified atom stereocenters. The van der Waals surface area contributed by atoms with Crippen LogP contribution in [0.4, 0.5) is 0 Å². The van der Waals surface area contributed by atoms with E-state index in [-0.39, 0.29) is 24.0 Å². The molecule has 2 saturated heterocycles. The number of nitrogens with one attached hydrogen (secondary N) is 1. The van der Waals surface area contributed by atoms with Crippen LogP contribution in [0.15, 0.2) is 4.99 Å². The second-order valence-corrected chi connectivity index (χ2v) is 9.39. The van der Waals surface area contributed by atoms with Crippen molar-refractivity contribution in [2.75, 3.05) is 46.0 Å². The lowest BCUT2D eigenvalue weighted by Gasteiger charge is -2.32. The van der Waals surface area contributed by atoms with Crippen LogP contribution in [0.25, 0.3) is 0 Å². The van der Waals surface area contributed by atoms with Crippen molar-refractivity contribution < 1.29 is 8.42 Å². The van der Waals surface area contributed by atoms with Gasteiger partial charge in [0.05, 0.1) is 6.26 Å². The van der Waals surface area contributed by atoms with Gasteiger partial charge >= 0.3 is 0 Å². The summed E-state index contributed by atoms with van der Waals surface area (Å²) in [6.45, 7) is 8.91. The highest BCUT2D eigenvalue weighted by Gasteiger charge is 2.36. The van der Waals surface area contributed by atoms with Gasteiger partial charge in [-0.3, -0.25) is 4.99 Å². The van der Waals surface area contributed by atoms with Crippen LogP contribution in [0.2, 0.25) is 0 Å². The van der Waals surface area contributed by atoms with Crippen LogP contribution in [0.5, 0.6) is 0 Å². The van der Waals surface area contributed by atoms with Crippen LogP contribution in [-0.2, 0) is 10.0 Å². The van der Waals surface area contributed by atoms with Crippen molar-refractivity contribution in [1.29, 1.82) is 0 Å². The average Bonchev–Trinajstić information content (AvgIpc) is 3.00. The van der Waals surface area contributed by atoms with Crippen LogP contribution < -0.4 is 5.32 Å². The fourth-order valence-electron chi connectivity index (χ4n) is 3.96. The highest BCUT2D eigenvalue weighted by atomic mass is 127. The zero-order chi connectivity index (χ0) is 17.8. The molecule has 0 aromatic carbocycles. The third kappa shape index (κ3) is 5.95. The molecule has 8 heteroatoms. The topological polar surface area (TPSA) is 65.0 Å². The van der Waals surface area contributed by atoms with Crippen molar-refractivity contribution in [1.82, 2.24) is 14.5 Å². The fourth-order valence-corrected chi connectivity index (χ4v) is 4.83. The predicted octanol–water partition coefficient (Wildman–Crippen LogP) is 2.36. The van der Waals surface area contributed by atoms with Gasteiger partial charge in [-0.05, 0) is 43.4 Å². The van der Waals surface area contributed by atoms with E-state index >= 15 is 0 Å². The Bertz CT molecular complexity index is 541. The quantitative estimate of drug-likeness (QED) is 0.368. The minimum Gasteiger partial charge on any atom is -0.356 e. The number of hydrogen-bond donors (Lipinski definition) is 1. The summed E-state index contributed by atoms with van der Waals surface area (Å²) in [5.74, 6) is 1.52. The number of rotatable bonds is 5. The summed E-state index contributed by atoms with van der Waals surface area (Å²) >= 11 is 0. The minimum absolute atomic E-state index is 0. The maximum Gasteiger partial charge on any atom is 0.211 e. The predicted molar refractivity (Wildman–Crippen MR) is 115 cm³/mol. The Kier molecular flexibility index (Phi) is 8.93. The van der Waals surface area contributed by atoms with E-state index in [1.54, 1.807) is 4.31 Å². The lowest BCUT2D eigenvalue weighted by molar-refractivity contribution is 0.266. The van der Waals surface area contributed by atoms with E-state index in [2.05, 4.69) is 29.1 Å². The number of aliphatic imine (C=N–C) groups is 1. The van der Waals surface area contributed by atoms with Gasteiger partial charge in [0.25, 0.3) is 0 Å². The Balaban J connectivity index is 0.00000312. The molecule has 0 aromatic heterocycles. The smallest absolute Gasteiger partial charge is 0.211 e. The summed E-state index contributed by atoms with van der Waals surface area (Å²) in [6, 6.07) is 0. The highest BCUT2D eigenvalue weighted by molar-refractivity contribution is 14.0. The SMILES string of the molecule is CCC1(CC)CCN(C(=NC)NCC2CCN(S(C)(=O)=O)CC2)C1.I. The molecule has 0 atom stereocenters. The van der Waals surface area contributed by atoms with E-state index in [1.165, 1.54) is 25.5 Å². The third-order valence-corrected chi connectivity index (χ3v) is 7.34. The number of likely N-dealkylation sites (tertiary alicyclic amines) is 1. The molecule has 1 N–H and O–H groups in total. The maximum absolute atomic E-state index is 11.6. The molecule has 0 saturated carbocycles. The summed E-state index contributed by atoms with van der Waals surface area (Å²) in [7, 11) is -1.18. The minimum atomic E-state index is -3.04. The molecule has 2 fully saturated rings. The summed E-state index contributed by atoms with van der Waals surface area (Å²) in [5.41, 5.74) is 0.443. The zero-order valence-electron chi connectivity index (χ0n) is 16.1. The van der Waals surface area contributed by atoms with E-state index in [0.717, 1.165) is 38.4 Å². The Morgan fingerprint density at radius 1 is 1.20 bits per heavy atom. The summed E-state index contributed by atoms with van der Waals surface area (Å²) < 4.78 is 24.8. The van der Waals surface area contributed by atoms with Crippen molar-refractivity contribution in [3.05, 3.63) is 0 Å². The van der Waals surface area contributed by atoms with Crippen molar-refractivity contribution in [3.63, 3.8) is 0 Å². The van der Waals surface area contributed by atoms with Crippen molar-refractivity contribution in [3.8, 4) is 0 Å². The molecular formula is C17H35IN4O2S. The van der Waals surface area contributed by atoms with Crippen LogP contribution in [-0.4, -0.2) is 69.6 Å². The van der Waals surface area contributed by atoms with Gasteiger partial charge < -0.3 is 10.2 Å². The van der Waals surface area contributed by atoms with Crippen LogP contribution >= 0.6 is 24.0 Å². The number of hydrogen-bond acceptors (Lipinski definition) is 3. The van der Waals surface area contributed by atoms with Gasteiger partial charge in [0.15, 0.2) is 5.96 Å². The first-order chi connectivity index (χ1) is 11.3. The van der Waals surface area contributed by atoms with Crippen molar-refractivity contribution in [2.24, 2.45) is 16.3 Å². The molecule has 2 heterocycles. The molecule has 2 rings (SSSR count). The first-order valence-electron chi connectivity index (χ1n) is 9.24. The van der Waals surface area contributed by atoms with E-state index in [9.17, 15) is 8.42 Å². The molecule has 2 aliphatic heterocycles. The molecule has 0 bridgehead atoms. The molecule has 25 heavy (non-hydrogen) atoms. The van der Waals surface area contributed by atoms with E-state index < -0.39 is 10.0 Å². The largest absolute Gasteiger partial charge is 0.356 e. The lowest BCUT2D eigenvalue weighted by Crippen LogP contribution is -2.45. The van der Waals surface area contributed by atoms with Crippen LogP contribution in [0, 0.1) is 11.3 Å². The van der Waals surface area contributed by atoms with Gasteiger partial charge in [-0.2, -0.15) is 0 Å². The van der Waals surface area contributed by atoms with Gasteiger partial charge in [0.1, 0.15) is 0 Å². The lowest BCUT2D eigenvalue weighted by atomic mass is 9.82. The third-order valence-electron chi connectivity index (χ3n) is 6.04. The number of sulfonamides is 1. The van der Waals surface area contributed by atoms with Crippen molar-refractivity contribution >= 4 is 40.0 Å². The normalized spacial score (nSPS) is 22.7. The zero-order valence-corrected chi connectivity index (χ0v) is 19.3. The molecule has 0 aliphatic carbocycles. The summed E-state index contributed by atoms with van der Waals surface area (Å²) in [4.78, 5) is 6.86. The highest BCUT2D eigenvalue weighted by Crippen LogP contribution is 2.36. The van der Waals surface area contributed by atoms with E-state index in [4.69, 9.17) is 0 Å². The maximum atomic E-state index is 11.6. The second-order valence-electron chi connectivity index (χ2n) is 7.41. The number of nitrogens with zero attached hydrogens (tertiary/aromatic N) is 3. The van der Waals surface area contributed by atoms with Crippen molar-refractivity contribution in [2.45, 2.75) is 46.0 Å². The van der Waals surface area contributed by atoms with Gasteiger partial charge in [0.2, 0.25) is 10.0 Å². The molecule has 0 aromatic rings. The van der Waals surface area contributed by atoms with E-state index in [1.807, 2.05) is 7.05 Å². The van der Waals surface area contributed by atoms with Crippen LogP contribution in [0.1, 0.15) is 46.0 Å². The molecule has 148 valence electrons. The van der Waals surface area contributed by atoms with E-state index in [0.29, 0.717) is 24.4 Å². The van der Waals surface area contributed by atoms with Crippen LogP contribution in [0.3, 0.4) is 0 Å². The van der Waals surface area contributed by atoms with Gasteiger partial charge in [0, 0.05) is 39.8 Å². The Morgan fingerprint density at radius 2 is 1.80 bits per heavy atom. The number of guanidine groups is 1. The molecule has 0 amide bonds. The Hall–Kier alpha value is -0.0900. The monoisotopic (exact) mass is 486 g/mol. The standard InChI is InChI=1S/C17H34N4O2S.HI/c1-5-17(6-2)9-12-20(14-17)16(18-3)19-13-15-7-10-21(11-8-15)24(4,22)23;/h15H,5-14H2,1-4H3,(H,18,19);1H. The van der Waals surface area contributed by atoms with Gasteiger partial charge in [-0.15, -0.1) is 24.0 Å².